The predicted octanol–water partition coefficient (Wildman–Crippen LogP) is 5.21. The van der Waals surface area contributed by atoms with Gasteiger partial charge in [-0.15, -0.1) is 0 Å². The molecule has 22 heavy (non-hydrogen) atoms. The van der Waals surface area contributed by atoms with Crippen LogP contribution in [0.1, 0.15) is 0 Å². The summed E-state index contributed by atoms with van der Waals surface area (Å²) in [5.74, 6) is -13.0. The van der Waals surface area contributed by atoms with Crippen molar-refractivity contribution in [2.24, 2.45) is 0 Å². The zero-order chi connectivity index (χ0) is 18.4. The summed E-state index contributed by atoms with van der Waals surface area (Å²) < 4.78 is 169. The SMILES string of the molecule is FC(F)(F)C(F)(F)C=CC(F)(F)C(F)(C(F)(F)F)C(F)(F)F. The Morgan fingerprint density at radius 2 is 0.636 bits per heavy atom. The highest BCUT2D eigenvalue weighted by atomic mass is 19.4. The van der Waals surface area contributed by atoms with Crippen molar-refractivity contribution in [1.82, 2.24) is 0 Å². The summed E-state index contributed by atoms with van der Waals surface area (Å²) >= 11 is 0. The first-order chi connectivity index (χ1) is 9.21. The third-order valence-electron chi connectivity index (χ3n) is 2.12. The van der Waals surface area contributed by atoms with Crippen molar-refractivity contribution >= 4 is 0 Å². The first kappa shape index (κ1) is 20.8. The first-order valence-electron chi connectivity index (χ1n) is 4.56. The number of hydrogen-bond donors (Lipinski definition) is 0. The molecule has 0 rings (SSSR count). The van der Waals surface area contributed by atoms with Crippen molar-refractivity contribution in [3.8, 4) is 0 Å². The lowest BCUT2D eigenvalue weighted by Crippen LogP contribution is -2.63. The maximum Gasteiger partial charge on any atom is 0.457 e. The van der Waals surface area contributed by atoms with Gasteiger partial charge in [0.2, 0.25) is 0 Å². The highest BCUT2D eigenvalue weighted by molar-refractivity contribution is 5.17. The van der Waals surface area contributed by atoms with Gasteiger partial charge in [0.15, 0.2) is 0 Å². The molecule has 0 amide bonds. The van der Waals surface area contributed by atoms with E-state index < -0.39 is 48.2 Å². The van der Waals surface area contributed by atoms with Crippen molar-refractivity contribution < 1.29 is 61.5 Å². The van der Waals surface area contributed by atoms with Gasteiger partial charge in [-0.2, -0.15) is 57.1 Å². The van der Waals surface area contributed by atoms with Crippen LogP contribution in [0.4, 0.5) is 61.5 Å². The second-order valence-corrected chi connectivity index (χ2v) is 3.73. The van der Waals surface area contributed by atoms with E-state index in [2.05, 4.69) is 0 Å². The summed E-state index contributed by atoms with van der Waals surface area (Å²) in [6.45, 7) is 0. The van der Waals surface area contributed by atoms with Crippen molar-refractivity contribution in [3.63, 3.8) is 0 Å². The fraction of sp³-hybridized carbons (Fsp3) is 0.750. The van der Waals surface area contributed by atoms with E-state index in [1.54, 1.807) is 0 Å². The molecule has 0 heterocycles. The number of hydrogen-bond acceptors (Lipinski definition) is 0. The zero-order valence-electron chi connectivity index (χ0n) is 9.45. The molecule has 0 aromatic heterocycles. The molecule has 0 saturated heterocycles. The number of halogens is 14. The Labute approximate surface area is 111 Å². The minimum Gasteiger partial charge on any atom is -0.216 e. The summed E-state index contributed by atoms with van der Waals surface area (Å²) in [5, 5.41) is 0. The lowest BCUT2D eigenvalue weighted by atomic mass is 9.95. The van der Waals surface area contributed by atoms with Gasteiger partial charge >= 0.3 is 36.0 Å². The average molecular weight is 364 g/mol. The van der Waals surface area contributed by atoms with Crippen LogP contribution in [-0.4, -0.2) is 36.0 Å². The van der Waals surface area contributed by atoms with E-state index >= 15 is 0 Å². The molecular weight excluding hydrogens is 362 g/mol. The lowest BCUT2D eigenvalue weighted by Gasteiger charge is -2.34. The largest absolute Gasteiger partial charge is 0.457 e. The van der Waals surface area contributed by atoms with Crippen LogP contribution in [0, 0.1) is 0 Å². The molecule has 0 atom stereocenters. The van der Waals surface area contributed by atoms with Gasteiger partial charge in [-0.05, 0) is 12.2 Å². The van der Waals surface area contributed by atoms with Crippen molar-refractivity contribution in [1.29, 1.82) is 0 Å². The molecule has 0 saturated carbocycles. The monoisotopic (exact) mass is 364 g/mol. The average Bonchev–Trinajstić information content (AvgIpc) is 2.20. The molecule has 0 aliphatic carbocycles. The fourth-order valence-corrected chi connectivity index (χ4v) is 0.957. The van der Waals surface area contributed by atoms with Gasteiger partial charge in [0, 0.05) is 0 Å². The first-order valence-corrected chi connectivity index (χ1v) is 4.56. The third-order valence-corrected chi connectivity index (χ3v) is 2.12. The van der Waals surface area contributed by atoms with Gasteiger partial charge < -0.3 is 0 Å². The summed E-state index contributed by atoms with van der Waals surface area (Å²) in [6, 6.07) is 0. The Hall–Kier alpha value is -1.24. The van der Waals surface area contributed by atoms with E-state index in [0.717, 1.165) is 0 Å². The molecule has 0 spiro atoms. The van der Waals surface area contributed by atoms with Gasteiger partial charge in [0.25, 0.3) is 0 Å². The molecule has 0 unspecified atom stereocenters. The minimum absolute atomic E-state index is 1.99. The molecular formula is C8H2F14. The van der Waals surface area contributed by atoms with Crippen LogP contribution in [-0.2, 0) is 0 Å². The number of allylic oxidation sites excluding steroid dienone is 2. The van der Waals surface area contributed by atoms with Crippen LogP contribution < -0.4 is 0 Å². The minimum atomic E-state index is -7.36. The van der Waals surface area contributed by atoms with E-state index in [9.17, 15) is 61.5 Å². The van der Waals surface area contributed by atoms with Crippen LogP contribution in [0.25, 0.3) is 0 Å². The molecule has 132 valence electrons. The number of rotatable bonds is 3. The Morgan fingerprint density at radius 3 is 0.864 bits per heavy atom. The topological polar surface area (TPSA) is 0 Å². The molecule has 0 fully saturated rings. The molecule has 0 nitrogen and oxygen atoms in total. The standard InChI is InChI=1S/C8H2F14/c9-3(10,1-2-4(11,12)6(14,15)16)5(13,7(17,18)19)8(20,21)22/h1-2H. The van der Waals surface area contributed by atoms with Crippen LogP contribution in [0.15, 0.2) is 12.2 Å². The molecule has 0 aliphatic rings. The summed E-state index contributed by atoms with van der Waals surface area (Å²) in [6.07, 6.45) is -25.4. The van der Waals surface area contributed by atoms with Gasteiger partial charge in [0.05, 0.1) is 0 Å². The summed E-state index contributed by atoms with van der Waals surface area (Å²) in [5.41, 5.74) is -7.36. The maximum atomic E-state index is 12.9. The molecule has 0 aromatic rings. The van der Waals surface area contributed by atoms with Crippen molar-refractivity contribution in [3.05, 3.63) is 12.2 Å². The van der Waals surface area contributed by atoms with Gasteiger partial charge in [-0.1, -0.05) is 0 Å². The summed E-state index contributed by atoms with van der Waals surface area (Å²) in [7, 11) is 0. The molecule has 0 radical (unpaired) electrons. The maximum absolute atomic E-state index is 12.9. The van der Waals surface area contributed by atoms with Crippen LogP contribution in [0.2, 0.25) is 0 Å². The van der Waals surface area contributed by atoms with Crippen molar-refractivity contribution in [2.45, 2.75) is 36.0 Å². The molecule has 0 aliphatic heterocycles. The van der Waals surface area contributed by atoms with E-state index in [1.165, 1.54) is 0 Å². The second kappa shape index (κ2) is 5.15. The van der Waals surface area contributed by atoms with Crippen LogP contribution in [0.3, 0.4) is 0 Å². The quantitative estimate of drug-likeness (QED) is 0.477. The fourth-order valence-electron chi connectivity index (χ4n) is 0.957. The van der Waals surface area contributed by atoms with Gasteiger partial charge in [-0.25, -0.2) is 4.39 Å². The Balaban J connectivity index is 6.00. The van der Waals surface area contributed by atoms with E-state index in [-0.39, 0.29) is 0 Å². The van der Waals surface area contributed by atoms with Gasteiger partial charge in [0.1, 0.15) is 0 Å². The van der Waals surface area contributed by atoms with Crippen LogP contribution in [0.5, 0.6) is 0 Å². The normalized spacial score (nSPS) is 16.5. The van der Waals surface area contributed by atoms with E-state index in [0.29, 0.717) is 0 Å². The Kier molecular flexibility index (Phi) is 4.86. The zero-order valence-corrected chi connectivity index (χ0v) is 9.45. The van der Waals surface area contributed by atoms with Gasteiger partial charge in [-0.3, -0.25) is 0 Å². The third kappa shape index (κ3) is 3.39. The highest BCUT2D eigenvalue weighted by Gasteiger charge is 2.83. The Morgan fingerprint density at radius 1 is 0.364 bits per heavy atom. The van der Waals surface area contributed by atoms with E-state index in [4.69, 9.17) is 0 Å². The molecule has 0 N–H and O–H groups in total. The molecule has 0 bridgehead atoms. The predicted molar refractivity (Wildman–Crippen MR) is 41.0 cm³/mol. The van der Waals surface area contributed by atoms with E-state index in [1.807, 2.05) is 0 Å². The van der Waals surface area contributed by atoms with Crippen LogP contribution >= 0.6 is 0 Å². The highest BCUT2D eigenvalue weighted by Crippen LogP contribution is 2.55. The lowest BCUT2D eigenvalue weighted by molar-refractivity contribution is -0.387. The molecule has 0 aromatic carbocycles. The summed E-state index contributed by atoms with van der Waals surface area (Å²) in [4.78, 5) is 0. The molecule has 14 heteroatoms. The smallest absolute Gasteiger partial charge is 0.216 e. The van der Waals surface area contributed by atoms with Crippen molar-refractivity contribution in [2.75, 3.05) is 0 Å². The number of alkyl halides is 14. The Bertz CT molecular complexity index is 404. The second-order valence-electron chi connectivity index (χ2n) is 3.73.